The van der Waals surface area contributed by atoms with Gasteiger partial charge in [-0.2, -0.15) is 5.26 Å². The summed E-state index contributed by atoms with van der Waals surface area (Å²) in [5.74, 6) is -0.863. The summed E-state index contributed by atoms with van der Waals surface area (Å²) in [6.07, 6.45) is 0. The third-order valence-corrected chi connectivity index (χ3v) is 5.51. The number of nitriles is 1. The molecular formula is C28H23NO2. The summed E-state index contributed by atoms with van der Waals surface area (Å²) in [6, 6.07) is 30.0. The number of nitrogens with zero attached hydrogens (tertiary/aromatic N) is 1. The zero-order valence-electron chi connectivity index (χ0n) is 17.6. The first kappa shape index (κ1) is 20.4. The summed E-state index contributed by atoms with van der Waals surface area (Å²) in [5, 5.41) is 9.15. The molecule has 2 aliphatic carbocycles. The van der Waals surface area contributed by atoms with E-state index in [2.05, 4.69) is 55.5 Å². The molecule has 2 aromatic rings. The fraction of sp³-hybridized carbons (Fsp3) is 0.143. The molecule has 0 spiro atoms. The van der Waals surface area contributed by atoms with E-state index in [1.165, 1.54) is 5.56 Å². The number of carbonyl (C=O) groups is 1. The Morgan fingerprint density at radius 2 is 1.58 bits per heavy atom. The van der Waals surface area contributed by atoms with Gasteiger partial charge in [0.15, 0.2) is 0 Å². The van der Waals surface area contributed by atoms with Gasteiger partial charge in [0.05, 0.1) is 18.2 Å². The molecule has 2 aliphatic rings. The molecule has 3 heteroatoms. The molecule has 2 aromatic carbocycles. The normalized spacial score (nSPS) is 11.6. The van der Waals surface area contributed by atoms with Crippen LogP contribution in [0, 0.1) is 18.3 Å². The van der Waals surface area contributed by atoms with Gasteiger partial charge in [0.1, 0.15) is 5.92 Å². The van der Waals surface area contributed by atoms with E-state index in [1.54, 1.807) is 12.1 Å². The Bertz CT molecular complexity index is 1220. The van der Waals surface area contributed by atoms with Gasteiger partial charge >= 0.3 is 5.97 Å². The van der Waals surface area contributed by atoms with E-state index in [-0.39, 0.29) is 5.97 Å². The number of hydrogen-bond acceptors (Lipinski definition) is 3. The number of ether oxygens (including phenoxy) is 1. The molecule has 152 valence electrons. The van der Waals surface area contributed by atoms with Gasteiger partial charge in [-0.3, -0.25) is 4.79 Å². The summed E-state index contributed by atoms with van der Waals surface area (Å²) in [4.78, 5) is 13.1. The molecule has 0 amide bonds. The minimum atomic E-state index is -0.572. The van der Waals surface area contributed by atoms with Crippen molar-refractivity contribution in [1.82, 2.24) is 0 Å². The van der Waals surface area contributed by atoms with E-state index >= 15 is 0 Å². The van der Waals surface area contributed by atoms with Crippen LogP contribution in [0.15, 0.2) is 84.9 Å². The summed E-state index contributed by atoms with van der Waals surface area (Å²) in [6.45, 7) is 4.19. The van der Waals surface area contributed by atoms with Crippen molar-refractivity contribution in [3.05, 3.63) is 107 Å². The van der Waals surface area contributed by atoms with Gasteiger partial charge in [-0.1, -0.05) is 72.3 Å². The van der Waals surface area contributed by atoms with Crippen LogP contribution in [-0.2, 0) is 9.53 Å². The van der Waals surface area contributed by atoms with Gasteiger partial charge in [-0.15, -0.1) is 0 Å². The Labute approximate surface area is 182 Å². The van der Waals surface area contributed by atoms with Crippen molar-refractivity contribution in [2.45, 2.75) is 19.8 Å². The van der Waals surface area contributed by atoms with Crippen molar-refractivity contribution in [2.24, 2.45) is 0 Å². The summed E-state index contributed by atoms with van der Waals surface area (Å²) in [7, 11) is 0. The minimum absolute atomic E-state index is 0.291. The SMILES string of the molecule is CCOC(=O)C(c1ccc(C#N)cc1)c1cc(-c2ccc(C)cc2)c2cccccc1-2. The maximum absolute atomic E-state index is 13.1. The van der Waals surface area contributed by atoms with Gasteiger partial charge < -0.3 is 4.74 Å². The lowest BCUT2D eigenvalue weighted by Crippen LogP contribution is -2.17. The standard InChI is InChI=1S/C28H23NO2/c1-3-31-28(30)27(22-15-11-20(18-29)12-16-22)26-17-25(21-13-9-19(2)10-14-21)23-7-5-4-6-8-24(23)26/h4-17,27H,3H2,1-2H3. The summed E-state index contributed by atoms with van der Waals surface area (Å²) < 4.78 is 5.47. The number of fused-ring (bicyclic) bond motifs is 1. The summed E-state index contributed by atoms with van der Waals surface area (Å²) >= 11 is 0. The molecule has 1 unspecified atom stereocenters. The topological polar surface area (TPSA) is 50.1 Å². The number of carbonyl (C=O) groups excluding carboxylic acids is 1. The lowest BCUT2D eigenvalue weighted by molar-refractivity contribution is -0.143. The number of benzene rings is 2. The molecule has 0 aromatic heterocycles. The molecule has 1 atom stereocenters. The fourth-order valence-corrected chi connectivity index (χ4v) is 3.97. The van der Waals surface area contributed by atoms with Crippen LogP contribution in [0.5, 0.6) is 0 Å². The molecule has 3 nitrogen and oxygen atoms in total. The van der Waals surface area contributed by atoms with Crippen molar-refractivity contribution in [1.29, 1.82) is 5.26 Å². The van der Waals surface area contributed by atoms with Gasteiger partial charge in [0.2, 0.25) is 0 Å². The number of aryl methyl sites for hydroxylation is 1. The molecule has 31 heavy (non-hydrogen) atoms. The van der Waals surface area contributed by atoms with Crippen molar-refractivity contribution in [3.8, 4) is 28.3 Å². The molecule has 0 radical (unpaired) electrons. The van der Waals surface area contributed by atoms with Crippen molar-refractivity contribution in [2.75, 3.05) is 6.61 Å². The van der Waals surface area contributed by atoms with Crippen LogP contribution in [0.4, 0.5) is 0 Å². The van der Waals surface area contributed by atoms with Crippen LogP contribution >= 0.6 is 0 Å². The maximum Gasteiger partial charge on any atom is 0.317 e. The Morgan fingerprint density at radius 3 is 2.23 bits per heavy atom. The smallest absolute Gasteiger partial charge is 0.317 e. The Kier molecular flexibility index (Phi) is 5.82. The lowest BCUT2D eigenvalue weighted by atomic mass is 9.89. The molecule has 0 fully saturated rings. The predicted octanol–water partition coefficient (Wildman–Crippen LogP) is 6.33. The Balaban J connectivity index is 1.93. The first-order valence-corrected chi connectivity index (χ1v) is 10.4. The summed E-state index contributed by atoms with van der Waals surface area (Å²) in [5.41, 5.74) is 7.78. The zero-order chi connectivity index (χ0) is 21.8. The molecule has 4 rings (SSSR count). The van der Waals surface area contributed by atoms with Crippen molar-refractivity contribution < 1.29 is 9.53 Å². The molecule has 0 N–H and O–H groups in total. The molecule has 0 saturated heterocycles. The van der Waals surface area contributed by atoms with E-state index in [1.807, 2.05) is 37.3 Å². The van der Waals surface area contributed by atoms with E-state index in [9.17, 15) is 4.79 Å². The second-order valence-electron chi connectivity index (χ2n) is 7.54. The molecule has 0 saturated carbocycles. The van der Waals surface area contributed by atoms with Gasteiger partial charge in [0.25, 0.3) is 0 Å². The van der Waals surface area contributed by atoms with Crippen LogP contribution in [0.3, 0.4) is 0 Å². The fourth-order valence-electron chi connectivity index (χ4n) is 3.97. The van der Waals surface area contributed by atoms with Crippen LogP contribution in [0.1, 0.15) is 35.1 Å². The quantitative estimate of drug-likeness (QED) is 0.364. The molecular weight excluding hydrogens is 382 g/mol. The molecule has 0 aliphatic heterocycles. The number of rotatable bonds is 5. The van der Waals surface area contributed by atoms with E-state index in [4.69, 9.17) is 10.00 Å². The lowest BCUT2D eigenvalue weighted by Gasteiger charge is -2.17. The first-order chi connectivity index (χ1) is 15.1. The van der Waals surface area contributed by atoms with Gasteiger partial charge in [-0.05, 0) is 65.4 Å². The van der Waals surface area contributed by atoms with Crippen molar-refractivity contribution >= 4 is 5.97 Å². The third-order valence-electron chi connectivity index (χ3n) is 5.51. The molecule has 0 heterocycles. The monoisotopic (exact) mass is 405 g/mol. The van der Waals surface area contributed by atoms with Crippen LogP contribution in [-0.4, -0.2) is 12.6 Å². The van der Waals surface area contributed by atoms with Gasteiger partial charge in [0, 0.05) is 0 Å². The Hall–Kier alpha value is -3.90. The average molecular weight is 405 g/mol. The van der Waals surface area contributed by atoms with E-state index in [0.717, 1.165) is 33.4 Å². The third kappa shape index (κ3) is 4.06. The van der Waals surface area contributed by atoms with E-state index < -0.39 is 5.92 Å². The highest BCUT2D eigenvalue weighted by Gasteiger charge is 2.30. The zero-order valence-corrected chi connectivity index (χ0v) is 17.6. The molecule has 0 bridgehead atoms. The highest BCUT2D eigenvalue weighted by molar-refractivity contribution is 5.94. The average Bonchev–Trinajstić information content (AvgIpc) is 2.96. The highest BCUT2D eigenvalue weighted by Crippen LogP contribution is 2.43. The largest absolute Gasteiger partial charge is 0.465 e. The maximum atomic E-state index is 13.1. The van der Waals surface area contributed by atoms with Crippen molar-refractivity contribution in [3.63, 3.8) is 0 Å². The van der Waals surface area contributed by atoms with Crippen LogP contribution in [0.25, 0.3) is 22.3 Å². The second kappa shape index (κ2) is 8.85. The number of hydrogen-bond donors (Lipinski definition) is 0. The second-order valence-corrected chi connectivity index (χ2v) is 7.54. The minimum Gasteiger partial charge on any atom is -0.465 e. The highest BCUT2D eigenvalue weighted by atomic mass is 16.5. The van der Waals surface area contributed by atoms with Crippen LogP contribution in [0.2, 0.25) is 0 Å². The van der Waals surface area contributed by atoms with Gasteiger partial charge in [-0.25, -0.2) is 0 Å². The van der Waals surface area contributed by atoms with Crippen LogP contribution < -0.4 is 0 Å². The Morgan fingerprint density at radius 1 is 0.903 bits per heavy atom. The predicted molar refractivity (Wildman–Crippen MR) is 123 cm³/mol. The first-order valence-electron chi connectivity index (χ1n) is 10.4. The number of esters is 1. The van der Waals surface area contributed by atoms with E-state index in [0.29, 0.717) is 12.2 Å².